The van der Waals surface area contributed by atoms with Gasteiger partial charge in [0.2, 0.25) is 0 Å². The third-order valence-electron chi connectivity index (χ3n) is 3.31. The van der Waals surface area contributed by atoms with Crippen LogP contribution in [0.4, 0.5) is 4.79 Å². The molecule has 0 radical (unpaired) electrons. The van der Waals surface area contributed by atoms with Crippen molar-refractivity contribution in [1.29, 1.82) is 0 Å². The zero-order valence-electron chi connectivity index (χ0n) is 13.3. The topological polar surface area (TPSA) is 71.5 Å². The molecule has 6 nitrogen and oxygen atoms in total. The Labute approximate surface area is 130 Å². The molecule has 1 saturated heterocycles. The molecule has 1 aromatic rings. The molecule has 1 atom stereocenters. The summed E-state index contributed by atoms with van der Waals surface area (Å²) in [4.78, 5) is 29.9. The van der Waals surface area contributed by atoms with Crippen LogP contribution < -0.4 is 5.32 Å². The number of ether oxygens (including phenoxy) is 1. The van der Waals surface area contributed by atoms with E-state index in [9.17, 15) is 9.59 Å². The third kappa shape index (κ3) is 5.11. The van der Waals surface area contributed by atoms with E-state index in [4.69, 9.17) is 4.74 Å². The molecule has 0 bridgehead atoms. The zero-order valence-corrected chi connectivity index (χ0v) is 13.3. The highest BCUT2D eigenvalue weighted by Crippen LogP contribution is 2.12. The minimum absolute atomic E-state index is 0.00137. The summed E-state index contributed by atoms with van der Waals surface area (Å²) in [6.45, 7) is 7.25. The molecule has 22 heavy (non-hydrogen) atoms. The molecular weight excluding hydrogens is 282 g/mol. The maximum Gasteiger partial charge on any atom is 0.407 e. The van der Waals surface area contributed by atoms with Crippen molar-refractivity contribution < 1.29 is 14.3 Å². The predicted molar refractivity (Wildman–Crippen MR) is 82.8 cm³/mol. The molecule has 0 unspecified atom stereocenters. The lowest BCUT2D eigenvalue weighted by Crippen LogP contribution is -2.41. The van der Waals surface area contributed by atoms with Crippen LogP contribution in [0.1, 0.15) is 37.7 Å². The second-order valence-electron chi connectivity index (χ2n) is 6.51. The van der Waals surface area contributed by atoms with Crippen molar-refractivity contribution in [3.8, 4) is 0 Å². The minimum atomic E-state index is -0.503. The van der Waals surface area contributed by atoms with E-state index in [1.165, 1.54) is 0 Å². The second-order valence-corrected chi connectivity index (χ2v) is 6.51. The number of alkyl carbamates (subject to hydrolysis) is 1. The Morgan fingerprint density at radius 1 is 1.41 bits per heavy atom. The number of carbonyl (C=O) groups is 2. The molecule has 1 N–H and O–H groups in total. The van der Waals surface area contributed by atoms with Gasteiger partial charge in [-0.15, -0.1) is 0 Å². The fourth-order valence-corrected chi connectivity index (χ4v) is 2.38. The Bertz CT molecular complexity index is 525. The van der Waals surface area contributed by atoms with Crippen LogP contribution in [0, 0.1) is 0 Å². The number of amides is 1. The molecule has 2 heterocycles. The van der Waals surface area contributed by atoms with Gasteiger partial charge in [0.05, 0.1) is 6.54 Å². The van der Waals surface area contributed by atoms with Gasteiger partial charge in [0.15, 0.2) is 5.78 Å². The standard InChI is InChI=1S/C16H23N3O3/c1-16(2,3)22-15(21)18-12-7-9-19(10-12)11-14(20)13-6-4-5-8-17-13/h4-6,8,12H,7,9-11H2,1-3H3,(H,18,21)/t12-/m1/s1. The van der Waals surface area contributed by atoms with E-state index in [0.29, 0.717) is 18.8 Å². The van der Waals surface area contributed by atoms with Gasteiger partial charge >= 0.3 is 6.09 Å². The number of ketones is 1. The van der Waals surface area contributed by atoms with Gasteiger partial charge in [-0.3, -0.25) is 14.7 Å². The lowest BCUT2D eigenvalue weighted by Gasteiger charge is -2.22. The van der Waals surface area contributed by atoms with Crippen molar-refractivity contribution in [2.24, 2.45) is 0 Å². The molecule has 1 amide bonds. The number of rotatable bonds is 4. The smallest absolute Gasteiger partial charge is 0.407 e. The SMILES string of the molecule is CC(C)(C)OC(=O)N[C@@H]1CCN(CC(=O)c2ccccn2)C1. The third-order valence-corrected chi connectivity index (χ3v) is 3.31. The van der Waals surface area contributed by atoms with Crippen LogP contribution in [-0.2, 0) is 4.74 Å². The molecule has 1 aliphatic rings. The first-order valence-corrected chi connectivity index (χ1v) is 7.49. The van der Waals surface area contributed by atoms with E-state index in [-0.39, 0.29) is 11.8 Å². The van der Waals surface area contributed by atoms with Crippen LogP contribution in [-0.4, -0.2) is 53.0 Å². The average molecular weight is 305 g/mol. The summed E-state index contributed by atoms with van der Waals surface area (Å²) >= 11 is 0. The fourth-order valence-electron chi connectivity index (χ4n) is 2.38. The summed E-state index contributed by atoms with van der Waals surface area (Å²) in [6.07, 6.45) is 2.02. The zero-order chi connectivity index (χ0) is 16.2. The highest BCUT2D eigenvalue weighted by Gasteiger charge is 2.27. The summed E-state index contributed by atoms with van der Waals surface area (Å²) in [5.74, 6) is -0.00137. The number of aromatic nitrogens is 1. The number of Topliss-reactive ketones (excluding diaryl/α,β-unsaturated/α-hetero) is 1. The quantitative estimate of drug-likeness (QED) is 0.860. The molecule has 0 spiro atoms. The number of hydrogen-bond acceptors (Lipinski definition) is 5. The largest absolute Gasteiger partial charge is 0.444 e. The van der Waals surface area contributed by atoms with Gasteiger partial charge in [-0.05, 0) is 39.3 Å². The van der Waals surface area contributed by atoms with Crippen molar-refractivity contribution in [2.45, 2.75) is 38.8 Å². The number of carbonyl (C=O) groups excluding carboxylic acids is 2. The number of nitrogens with zero attached hydrogens (tertiary/aromatic N) is 2. The highest BCUT2D eigenvalue weighted by molar-refractivity contribution is 5.95. The van der Waals surface area contributed by atoms with Gasteiger partial charge < -0.3 is 10.1 Å². The fraction of sp³-hybridized carbons (Fsp3) is 0.562. The molecule has 6 heteroatoms. The Kier molecular flexibility index (Phi) is 5.13. The van der Waals surface area contributed by atoms with Crippen molar-refractivity contribution in [3.63, 3.8) is 0 Å². The first-order chi connectivity index (χ1) is 10.3. The number of nitrogens with one attached hydrogen (secondary N) is 1. The molecule has 0 aliphatic carbocycles. The summed E-state index contributed by atoms with van der Waals surface area (Å²) in [5, 5.41) is 2.85. The van der Waals surface area contributed by atoms with Crippen LogP contribution in [0.5, 0.6) is 0 Å². The first kappa shape index (κ1) is 16.4. The number of hydrogen-bond donors (Lipinski definition) is 1. The van der Waals surface area contributed by atoms with E-state index < -0.39 is 11.7 Å². The second kappa shape index (κ2) is 6.87. The maximum absolute atomic E-state index is 12.1. The van der Waals surface area contributed by atoms with Gasteiger partial charge in [0.25, 0.3) is 0 Å². The molecule has 0 saturated carbocycles. The van der Waals surface area contributed by atoms with Gasteiger partial charge in [0, 0.05) is 25.3 Å². The van der Waals surface area contributed by atoms with Gasteiger partial charge in [-0.1, -0.05) is 6.07 Å². The van der Waals surface area contributed by atoms with Crippen LogP contribution >= 0.6 is 0 Å². The Morgan fingerprint density at radius 2 is 2.18 bits per heavy atom. The number of likely N-dealkylation sites (tertiary alicyclic amines) is 1. The normalized spacial score (nSPS) is 19.0. The monoisotopic (exact) mass is 305 g/mol. The van der Waals surface area contributed by atoms with Crippen molar-refractivity contribution >= 4 is 11.9 Å². The van der Waals surface area contributed by atoms with Crippen LogP contribution in [0.3, 0.4) is 0 Å². The Morgan fingerprint density at radius 3 is 2.82 bits per heavy atom. The van der Waals surface area contributed by atoms with Gasteiger partial charge in [0.1, 0.15) is 11.3 Å². The minimum Gasteiger partial charge on any atom is -0.444 e. The first-order valence-electron chi connectivity index (χ1n) is 7.49. The predicted octanol–water partition coefficient (Wildman–Crippen LogP) is 1.86. The van der Waals surface area contributed by atoms with Gasteiger partial charge in [-0.25, -0.2) is 4.79 Å². The van der Waals surface area contributed by atoms with Crippen molar-refractivity contribution in [1.82, 2.24) is 15.2 Å². The molecule has 2 rings (SSSR count). The van der Waals surface area contributed by atoms with E-state index in [0.717, 1.165) is 13.0 Å². The maximum atomic E-state index is 12.1. The van der Waals surface area contributed by atoms with Crippen LogP contribution in [0.2, 0.25) is 0 Å². The molecule has 1 aromatic heterocycles. The summed E-state index contributed by atoms with van der Waals surface area (Å²) < 4.78 is 5.24. The van der Waals surface area contributed by atoms with Gasteiger partial charge in [-0.2, -0.15) is 0 Å². The van der Waals surface area contributed by atoms with E-state index in [2.05, 4.69) is 10.3 Å². The summed E-state index contributed by atoms with van der Waals surface area (Å²) in [6, 6.07) is 5.32. The van der Waals surface area contributed by atoms with Crippen LogP contribution in [0.15, 0.2) is 24.4 Å². The number of pyridine rings is 1. The summed E-state index contributed by atoms with van der Waals surface area (Å²) in [5.41, 5.74) is -0.0248. The Balaban J connectivity index is 1.78. The molecular formula is C16H23N3O3. The molecule has 0 aromatic carbocycles. The lowest BCUT2D eigenvalue weighted by atomic mass is 10.2. The molecule has 1 fully saturated rings. The molecule has 1 aliphatic heterocycles. The highest BCUT2D eigenvalue weighted by atomic mass is 16.6. The average Bonchev–Trinajstić information content (AvgIpc) is 2.84. The van der Waals surface area contributed by atoms with E-state index >= 15 is 0 Å². The van der Waals surface area contributed by atoms with Crippen LogP contribution in [0.25, 0.3) is 0 Å². The molecule has 120 valence electrons. The van der Waals surface area contributed by atoms with Crippen molar-refractivity contribution in [2.75, 3.05) is 19.6 Å². The van der Waals surface area contributed by atoms with E-state index in [1.54, 1.807) is 24.4 Å². The Hall–Kier alpha value is -1.95. The lowest BCUT2D eigenvalue weighted by molar-refractivity contribution is 0.0506. The van der Waals surface area contributed by atoms with Crippen molar-refractivity contribution in [3.05, 3.63) is 30.1 Å². The summed E-state index contributed by atoms with van der Waals surface area (Å²) in [7, 11) is 0. The van der Waals surface area contributed by atoms with E-state index in [1.807, 2.05) is 25.7 Å².